The minimum Gasteiger partial charge on any atom is -0.380 e. The number of aromatic amines is 1. The fourth-order valence-corrected chi connectivity index (χ4v) is 3.65. The van der Waals surface area contributed by atoms with Gasteiger partial charge in [0.2, 0.25) is 5.91 Å². The zero-order valence-corrected chi connectivity index (χ0v) is 13.6. The Morgan fingerprint density at radius 3 is 2.92 bits per heavy atom. The first-order chi connectivity index (χ1) is 12.2. The highest BCUT2D eigenvalue weighted by Crippen LogP contribution is 2.35. The van der Waals surface area contributed by atoms with Gasteiger partial charge in [-0.2, -0.15) is 5.10 Å². The second-order valence-electron chi connectivity index (χ2n) is 6.48. The first kappa shape index (κ1) is 15.8. The fourth-order valence-electron chi connectivity index (χ4n) is 3.65. The Hall–Kier alpha value is -2.74. The number of hydrogen-bond donors (Lipinski definition) is 2. The summed E-state index contributed by atoms with van der Waals surface area (Å²) < 4.78 is 5.64. The first-order valence-corrected chi connectivity index (χ1v) is 8.29. The van der Waals surface area contributed by atoms with Gasteiger partial charge in [-0.1, -0.05) is 0 Å². The minimum absolute atomic E-state index is 0.0847. The summed E-state index contributed by atoms with van der Waals surface area (Å²) in [5.74, 6) is -0.182. The Bertz CT molecular complexity index is 749. The summed E-state index contributed by atoms with van der Waals surface area (Å²) in [7, 11) is 0. The van der Waals surface area contributed by atoms with E-state index < -0.39 is 0 Å². The highest BCUT2D eigenvalue weighted by atomic mass is 16.5. The number of amides is 2. The highest BCUT2D eigenvalue weighted by Gasteiger charge is 2.45. The quantitative estimate of drug-likeness (QED) is 0.859. The lowest BCUT2D eigenvalue weighted by Gasteiger charge is -2.31. The number of nitrogens with one attached hydrogen (secondary N) is 2. The average Bonchev–Trinajstić information content (AvgIpc) is 3.31. The normalized spacial score (nSPS) is 25.4. The molecule has 0 aliphatic carbocycles. The van der Waals surface area contributed by atoms with Gasteiger partial charge in [-0.15, -0.1) is 0 Å². The van der Waals surface area contributed by atoms with E-state index in [1.165, 1.54) is 0 Å². The topological polar surface area (TPSA) is 100 Å². The molecule has 0 radical (unpaired) electrons. The van der Waals surface area contributed by atoms with Gasteiger partial charge in [0.25, 0.3) is 5.91 Å². The maximum atomic E-state index is 12.7. The maximum Gasteiger partial charge on any atom is 0.271 e. The van der Waals surface area contributed by atoms with Crippen LogP contribution in [0.3, 0.4) is 0 Å². The van der Waals surface area contributed by atoms with E-state index in [0.717, 1.165) is 0 Å². The SMILES string of the molecule is O=C(Nc1cccnc1)[C@@H]1COC[C@H]2CN(C(=O)c3ccn[nH]3)C[C@H]21. The van der Waals surface area contributed by atoms with Gasteiger partial charge in [-0.05, 0) is 24.1 Å². The summed E-state index contributed by atoms with van der Waals surface area (Å²) in [6.45, 7) is 2.10. The van der Waals surface area contributed by atoms with Gasteiger partial charge in [0.15, 0.2) is 0 Å². The Morgan fingerprint density at radius 2 is 2.16 bits per heavy atom. The van der Waals surface area contributed by atoms with Crippen molar-refractivity contribution in [1.29, 1.82) is 0 Å². The van der Waals surface area contributed by atoms with Crippen molar-refractivity contribution in [2.45, 2.75) is 0 Å². The number of fused-ring (bicyclic) bond motifs is 1. The number of carbonyl (C=O) groups excluding carboxylic acids is 2. The molecular weight excluding hydrogens is 322 g/mol. The molecule has 0 spiro atoms. The molecule has 2 aliphatic rings. The molecule has 2 N–H and O–H groups in total. The molecule has 0 bridgehead atoms. The van der Waals surface area contributed by atoms with Crippen LogP contribution < -0.4 is 5.32 Å². The van der Waals surface area contributed by atoms with Crippen LogP contribution in [0.5, 0.6) is 0 Å². The predicted molar refractivity (Wildman–Crippen MR) is 88.6 cm³/mol. The molecule has 25 heavy (non-hydrogen) atoms. The lowest BCUT2D eigenvalue weighted by molar-refractivity contribution is -0.128. The number of likely N-dealkylation sites (tertiary alicyclic amines) is 1. The molecule has 2 aliphatic heterocycles. The van der Waals surface area contributed by atoms with Crippen molar-refractivity contribution in [3.63, 3.8) is 0 Å². The molecule has 4 heterocycles. The summed E-state index contributed by atoms with van der Waals surface area (Å²) in [5, 5.41) is 9.43. The summed E-state index contributed by atoms with van der Waals surface area (Å²) in [6.07, 6.45) is 4.83. The van der Waals surface area contributed by atoms with Crippen LogP contribution in [0.1, 0.15) is 10.5 Å². The molecule has 4 rings (SSSR count). The lowest BCUT2D eigenvalue weighted by Crippen LogP contribution is -2.42. The number of nitrogens with zero attached hydrogens (tertiary/aromatic N) is 3. The number of carbonyl (C=O) groups is 2. The van der Waals surface area contributed by atoms with Crippen LogP contribution >= 0.6 is 0 Å². The lowest BCUT2D eigenvalue weighted by atomic mass is 9.82. The molecule has 0 aromatic carbocycles. The van der Waals surface area contributed by atoms with E-state index in [9.17, 15) is 9.59 Å². The zero-order valence-electron chi connectivity index (χ0n) is 13.6. The molecule has 2 aromatic heterocycles. The van der Waals surface area contributed by atoms with Crippen molar-refractivity contribution in [2.75, 3.05) is 31.6 Å². The summed E-state index contributed by atoms with van der Waals surface area (Å²) in [4.78, 5) is 31.0. The fraction of sp³-hybridized carbons (Fsp3) is 0.412. The molecule has 8 heteroatoms. The molecule has 0 saturated carbocycles. The Kier molecular flexibility index (Phi) is 4.19. The number of aromatic nitrogens is 3. The van der Waals surface area contributed by atoms with E-state index in [-0.39, 0.29) is 29.6 Å². The molecule has 8 nitrogen and oxygen atoms in total. The second kappa shape index (κ2) is 6.64. The number of hydrogen-bond acceptors (Lipinski definition) is 5. The number of anilines is 1. The van der Waals surface area contributed by atoms with Crippen molar-refractivity contribution in [3.05, 3.63) is 42.5 Å². The number of ether oxygens (including phenoxy) is 1. The third kappa shape index (κ3) is 3.12. The van der Waals surface area contributed by atoms with Gasteiger partial charge in [-0.3, -0.25) is 19.7 Å². The van der Waals surface area contributed by atoms with Crippen LogP contribution in [0, 0.1) is 17.8 Å². The Balaban J connectivity index is 1.46. The van der Waals surface area contributed by atoms with E-state index >= 15 is 0 Å². The molecular formula is C17H19N5O3. The van der Waals surface area contributed by atoms with Crippen LogP contribution in [-0.2, 0) is 9.53 Å². The molecule has 2 saturated heterocycles. The van der Waals surface area contributed by atoms with E-state index in [1.807, 2.05) is 0 Å². The molecule has 0 unspecified atom stereocenters. The minimum atomic E-state index is -0.279. The first-order valence-electron chi connectivity index (χ1n) is 8.29. The van der Waals surface area contributed by atoms with Gasteiger partial charge < -0.3 is 15.0 Å². The molecule has 2 aromatic rings. The van der Waals surface area contributed by atoms with Crippen LogP contribution in [0.2, 0.25) is 0 Å². The van der Waals surface area contributed by atoms with Gasteiger partial charge in [0, 0.05) is 31.4 Å². The summed E-state index contributed by atoms with van der Waals surface area (Å²) >= 11 is 0. The molecule has 2 fully saturated rings. The largest absolute Gasteiger partial charge is 0.380 e. The van der Waals surface area contributed by atoms with Gasteiger partial charge in [-0.25, -0.2) is 0 Å². The molecule has 130 valence electrons. The zero-order chi connectivity index (χ0) is 17.2. The van der Waals surface area contributed by atoms with Crippen molar-refractivity contribution >= 4 is 17.5 Å². The molecule has 2 amide bonds. The van der Waals surface area contributed by atoms with Crippen molar-refractivity contribution in [2.24, 2.45) is 17.8 Å². The average molecular weight is 341 g/mol. The van der Waals surface area contributed by atoms with Gasteiger partial charge >= 0.3 is 0 Å². The van der Waals surface area contributed by atoms with Gasteiger partial charge in [0.05, 0.1) is 31.0 Å². The van der Waals surface area contributed by atoms with Crippen molar-refractivity contribution in [3.8, 4) is 0 Å². The summed E-state index contributed by atoms with van der Waals surface area (Å²) in [5.41, 5.74) is 1.13. The standard InChI is InChI=1S/C17H19N5O3/c23-16(20-12-2-1-4-18-6-12)14-10-25-9-11-7-22(8-13(11)14)17(24)15-3-5-19-21-15/h1-6,11,13-14H,7-10H2,(H,19,21)(H,20,23)/t11-,13-,14-/m1/s1. The van der Waals surface area contributed by atoms with E-state index in [2.05, 4.69) is 20.5 Å². The maximum absolute atomic E-state index is 12.7. The van der Waals surface area contributed by atoms with Crippen LogP contribution in [-0.4, -0.2) is 58.2 Å². The third-order valence-corrected chi connectivity index (χ3v) is 4.92. The number of pyridine rings is 1. The number of H-pyrrole nitrogens is 1. The van der Waals surface area contributed by atoms with Crippen molar-refractivity contribution in [1.82, 2.24) is 20.1 Å². The van der Waals surface area contributed by atoms with Crippen LogP contribution in [0.15, 0.2) is 36.8 Å². The summed E-state index contributed by atoms with van der Waals surface area (Å²) in [6, 6.07) is 5.23. The monoisotopic (exact) mass is 341 g/mol. The van der Waals surface area contributed by atoms with Crippen molar-refractivity contribution < 1.29 is 14.3 Å². The number of rotatable bonds is 3. The smallest absolute Gasteiger partial charge is 0.271 e. The van der Waals surface area contributed by atoms with Crippen LogP contribution in [0.4, 0.5) is 5.69 Å². The Morgan fingerprint density at radius 1 is 1.24 bits per heavy atom. The van der Waals surface area contributed by atoms with E-state index in [1.54, 1.807) is 41.7 Å². The highest BCUT2D eigenvalue weighted by molar-refractivity contribution is 5.94. The van der Waals surface area contributed by atoms with Gasteiger partial charge in [0.1, 0.15) is 5.69 Å². The third-order valence-electron chi connectivity index (χ3n) is 4.92. The predicted octanol–water partition coefficient (Wildman–Crippen LogP) is 0.778. The molecule has 3 atom stereocenters. The van der Waals surface area contributed by atoms with Crippen LogP contribution in [0.25, 0.3) is 0 Å². The van der Waals surface area contributed by atoms with E-state index in [4.69, 9.17) is 4.74 Å². The van der Waals surface area contributed by atoms with E-state index in [0.29, 0.717) is 37.7 Å². The Labute approximate surface area is 144 Å². The second-order valence-corrected chi connectivity index (χ2v) is 6.48.